The van der Waals surface area contributed by atoms with E-state index < -0.39 is 0 Å². The van der Waals surface area contributed by atoms with Crippen LogP contribution in [0.25, 0.3) is 22.2 Å². The second-order valence-electron chi connectivity index (χ2n) is 4.49. The van der Waals surface area contributed by atoms with E-state index >= 15 is 0 Å². The van der Waals surface area contributed by atoms with Crippen molar-refractivity contribution in [2.24, 2.45) is 5.73 Å². The number of hydrogen-bond acceptors (Lipinski definition) is 3. The van der Waals surface area contributed by atoms with Crippen LogP contribution < -0.4 is 5.73 Å². The minimum atomic E-state index is 0.266. The van der Waals surface area contributed by atoms with Crippen molar-refractivity contribution in [3.8, 4) is 17.0 Å². The summed E-state index contributed by atoms with van der Waals surface area (Å²) in [4.78, 5) is 7.54. The highest BCUT2D eigenvalue weighted by Gasteiger charge is 2.13. The standard InChI is InChI=1S/C15H15N3O/c16-6-5-12-13-8-11(19)3-4-14(13)18-15(12)10-2-1-7-17-9-10/h1-4,7-9,18-19H,5-6,16H2. The van der Waals surface area contributed by atoms with Gasteiger partial charge in [0.25, 0.3) is 0 Å². The zero-order valence-corrected chi connectivity index (χ0v) is 10.4. The third-order valence-electron chi connectivity index (χ3n) is 3.23. The summed E-state index contributed by atoms with van der Waals surface area (Å²) in [5.74, 6) is 0.266. The Hall–Kier alpha value is -2.33. The van der Waals surface area contributed by atoms with Crippen molar-refractivity contribution in [2.75, 3.05) is 6.54 Å². The topological polar surface area (TPSA) is 74.9 Å². The van der Waals surface area contributed by atoms with Crippen molar-refractivity contribution < 1.29 is 5.11 Å². The van der Waals surface area contributed by atoms with E-state index in [0.29, 0.717) is 6.54 Å². The third kappa shape index (κ3) is 2.06. The average molecular weight is 253 g/mol. The highest BCUT2D eigenvalue weighted by Crippen LogP contribution is 2.32. The number of benzene rings is 1. The highest BCUT2D eigenvalue weighted by molar-refractivity contribution is 5.91. The molecule has 2 heterocycles. The number of phenolic OH excluding ortho intramolecular Hbond substituents is 1. The number of nitrogens with one attached hydrogen (secondary N) is 1. The van der Waals surface area contributed by atoms with E-state index in [-0.39, 0.29) is 5.75 Å². The molecule has 4 N–H and O–H groups in total. The van der Waals surface area contributed by atoms with Gasteiger partial charge in [-0.2, -0.15) is 0 Å². The maximum absolute atomic E-state index is 9.65. The number of hydrogen-bond donors (Lipinski definition) is 3. The SMILES string of the molecule is NCCc1c(-c2cccnc2)[nH]c2ccc(O)cc12. The molecule has 0 saturated heterocycles. The molecule has 4 heteroatoms. The van der Waals surface area contributed by atoms with Gasteiger partial charge in [0.2, 0.25) is 0 Å². The summed E-state index contributed by atoms with van der Waals surface area (Å²) in [6.07, 6.45) is 4.33. The van der Waals surface area contributed by atoms with Gasteiger partial charge >= 0.3 is 0 Å². The maximum Gasteiger partial charge on any atom is 0.116 e. The summed E-state index contributed by atoms with van der Waals surface area (Å²) in [7, 11) is 0. The van der Waals surface area contributed by atoms with Crippen LogP contribution in [-0.2, 0) is 6.42 Å². The fourth-order valence-corrected chi connectivity index (χ4v) is 2.40. The molecule has 0 bridgehead atoms. The maximum atomic E-state index is 9.65. The molecule has 0 fully saturated rings. The van der Waals surface area contributed by atoms with Crippen molar-refractivity contribution in [1.82, 2.24) is 9.97 Å². The molecule has 3 rings (SSSR count). The van der Waals surface area contributed by atoms with Crippen molar-refractivity contribution in [3.05, 3.63) is 48.3 Å². The van der Waals surface area contributed by atoms with Crippen LogP contribution in [0.4, 0.5) is 0 Å². The Labute approximate surface area is 110 Å². The lowest BCUT2D eigenvalue weighted by Crippen LogP contribution is -2.03. The van der Waals surface area contributed by atoms with Crippen LogP contribution in [0.15, 0.2) is 42.7 Å². The lowest BCUT2D eigenvalue weighted by molar-refractivity contribution is 0.476. The number of nitrogens with two attached hydrogens (primary N) is 1. The molecule has 19 heavy (non-hydrogen) atoms. The van der Waals surface area contributed by atoms with E-state index in [1.165, 1.54) is 0 Å². The number of H-pyrrole nitrogens is 1. The Kier molecular flexibility index (Phi) is 2.93. The van der Waals surface area contributed by atoms with Gasteiger partial charge in [0.05, 0.1) is 5.69 Å². The largest absolute Gasteiger partial charge is 0.508 e. The summed E-state index contributed by atoms with van der Waals surface area (Å²) in [6.45, 7) is 0.565. The summed E-state index contributed by atoms with van der Waals surface area (Å²) < 4.78 is 0. The van der Waals surface area contributed by atoms with E-state index in [1.54, 1.807) is 18.3 Å². The Bertz CT molecular complexity index is 704. The lowest BCUT2D eigenvalue weighted by Gasteiger charge is -2.03. The molecule has 96 valence electrons. The van der Waals surface area contributed by atoms with Gasteiger partial charge in [-0.25, -0.2) is 0 Å². The molecule has 3 aromatic rings. The van der Waals surface area contributed by atoms with Gasteiger partial charge in [-0.05, 0) is 48.9 Å². The molecule has 0 unspecified atom stereocenters. The summed E-state index contributed by atoms with van der Waals surface area (Å²) in [5, 5.41) is 10.7. The molecule has 1 aromatic carbocycles. The van der Waals surface area contributed by atoms with Crippen LogP contribution in [0.5, 0.6) is 5.75 Å². The molecule has 4 nitrogen and oxygen atoms in total. The van der Waals surface area contributed by atoms with Gasteiger partial charge in [0.15, 0.2) is 0 Å². The van der Waals surface area contributed by atoms with Crippen LogP contribution in [0.2, 0.25) is 0 Å². The second-order valence-corrected chi connectivity index (χ2v) is 4.49. The number of phenols is 1. The zero-order chi connectivity index (χ0) is 13.2. The lowest BCUT2D eigenvalue weighted by atomic mass is 10.0. The number of rotatable bonds is 3. The Balaban J connectivity index is 2.26. The number of aromatic amines is 1. The van der Waals surface area contributed by atoms with Crippen LogP contribution in [0, 0.1) is 0 Å². The van der Waals surface area contributed by atoms with Crippen LogP contribution in [0.1, 0.15) is 5.56 Å². The van der Waals surface area contributed by atoms with Gasteiger partial charge in [-0.3, -0.25) is 4.98 Å². The van der Waals surface area contributed by atoms with Crippen molar-refractivity contribution in [3.63, 3.8) is 0 Å². The molecule has 0 aliphatic heterocycles. The molecule has 2 aromatic heterocycles. The Morgan fingerprint density at radius 2 is 2.16 bits per heavy atom. The molecule has 0 radical (unpaired) electrons. The summed E-state index contributed by atoms with van der Waals surface area (Å²) in [6, 6.07) is 9.25. The molecule has 0 atom stereocenters. The molecule has 0 aliphatic carbocycles. The van der Waals surface area contributed by atoms with Gasteiger partial charge in [0, 0.05) is 28.9 Å². The van der Waals surface area contributed by atoms with E-state index in [2.05, 4.69) is 9.97 Å². The average Bonchev–Trinajstić information content (AvgIpc) is 2.79. The van der Waals surface area contributed by atoms with E-state index in [4.69, 9.17) is 5.73 Å². The Morgan fingerprint density at radius 1 is 1.26 bits per heavy atom. The van der Waals surface area contributed by atoms with Crippen molar-refractivity contribution >= 4 is 10.9 Å². The van der Waals surface area contributed by atoms with Gasteiger partial charge in [-0.15, -0.1) is 0 Å². The van der Waals surface area contributed by atoms with Crippen LogP contribution in [0.3, 0.4) is 0 Å². The number of aromatic hydroxyl groups is 1. The molecular weight excluding hydrogens is 238 g/mol. The van der Waals surface area contributed by atoms with Crippen LogP contribution >= 0.6 is 0 Å². The normalized spacial score (nSPS) is 11.0. The smallest absolute Gasteiger partial charge is 0.116 e. The van der Waals surface area contributed by atoms with Crippen molar-refractivity contribution in [2.45, 2.75) is 6.42 Å². The highest BCUT2D eigenvalue weighted by atomic mass is 16.3. The molecule has 0 amide bonds. The van der Waals surface area contributed by atoms with E-state index in [9.17, 15) is 5.11 Å². The first-order valence-electron chi connectivity index (χ1n) is 6.23. The number of nitrogens with zero attached hydrogens (tertiary/aromatic N) is 1. The first-order valence-corrected chi connectivity index (χ1v) is 6.23. The van der Waals surface area contributed by atoms with Gasteiger partial charge in [0.1, 0.15) is 5.75 Å². The quantitative estimate of drug-likeness (QED) is 0.671. The predicted octanol–water partition coefficient (Wildman–Crippen LogP) is 2.44. The number of pyridine rings is 1. The van der Waals surface area contributed by atoms with E-state index in [0.717, 1.165) is 34.1 Å². The molecule has 0 aliphatic rings. The molecule has 0 spiro atoms. The minimum absolute atomic E-state index is 0.266. The second kappa shape index (κ2) is 4.74. The molecular formula is C15H15N3O. The first-order chi connectivity index (χ1) is 9.29. The van der Waals surface area contributed by atoms with Gasteiger partial charge < -0.3 is 15.8 Å². The summed E-state index contributed by atoms with van der Waals surface area (Å²) >= 11 is 0. The number of fused-ring (bicyclic) bond motifs is 1. The predicted molar refractivity (Wildman–Crippen MR) is 76.0 cm³/mol. The minimum Gasteiger partial charge on any atom is -0.508 e. The third-order valence-corrected chi connectivity index (χ3v) is 3.23. The first kappa shape index (κ1) is 11.7. The van der Waals surface area contributed by atoms with Crippen LogP contribution in [-0.4, -0.2) is 21.6 Å². The molecule has 0 saturated carbocycles. The monoisotopic (exact) mass is 253 g/mol. The Morgan fingerprint density at radius 3 is 2.89 bits per heavy atom. The summed E-state index contributed by atoms with van der Waals surface area (Å²) in [5.41, 5.74) is 9.89. The van der Waals surface area contributed by atoms with Gasteiger partial charge in [-0.1, -0.05) is 0 Å². The fourth-order valence-electron chi connectivity index (χ4n) is 2.40. The fraction of sp³-hybridized carbons (Fsp3) is 0.133. The van der Waals surface area contributed by atoms with E-state index in [1.807, 2.05) is 24.4 Å². The number of aromatic nitrogens is 2. The zero-order valence-electron chi connectivity index (χ0n) is 10.4. The van der Waals surface area contributed by atoms with Crippen molar-refractivity contribution in [1.29, 1.82) is 0 Å².